The molecule has 2 fully saturated rings. The maximum atomic E-state index is 12.1. The first-order chi connectivity index (χ1) is 9.11. The standard InChI is InChI=1S/C14H24N4O/c1-16(8-3-7-15)14(19)11-18-9-6-12-4-5-13(10-18)17(12)2/h12-13H,3-6,8-11H2,1-2H3. The Bertz CT molecular complexity index is 365. The number of nitrogens with zero attached hydrogens (tertiary/aromatic N) is 4. The Hall–Kier alpha value is -1.12. The highest BCUT2D eigenvalue weighted by molar-refractivity contribution is 5.78. The smallest absolute Gasteiger partial charge is 0.236 e. The van der Waals surface area contributed by atoms with Crippen molar-refractivity contribution in [3.63, 3.8) is 0 Å². The van der Waals surface area contributed by atoms with Gasteiger partial charge in [-0.1, -0.05) is 0 Å². The molecular formula is C14H24N4O. The van der Waals surface area contributed by atoms with Gasteiger partial charge in [0.05, 0.1) is 19.0 Å². The first-order valence-electron chi connectivity index (χ1n) is 7.17. The Labute approximate surface area is 115 Å². The van der Waals surface area contributed by atoms with Gasteiger partial charge in [0.2, 0.25) is 5.91 Å². The van der Waals surface area contributed by atoms with Crippen molar-refractivity contribution < 1.29 is 4.79 Å². The molecule has 2 bridgehead atoms. The summed E-state index contributed by atoms with van der Waals surface area (Å²) in [5, 5.41) is 8.55. The van der Waals surface area contributed by atoms with Crippen LogP contribution in [-0.2, 0) is 4.79 Å². The second kappa shape index (κ2) is 6.36. The molecule has 0 aromatic carbocycles. The zero-order valence-corrected chi connectivity index (χ0v) is 12.0. The fraction of sp³-hybridized carbons (Fsp3) is 0.857. The predicted molar refractivity (Wildman–Crippen MR) is 73.5 cm³/mol. The van der Waals surface area contributed by atoms with Crippen molar-refractivity contribution in [2.75, 3.05) is 40.3 Å². The maximum Gasteiger partial charge on any atom is 0.236 e. The number of likely N-dealkylation sites (tertiary alicyclic amines) is 1. The van der Waals surface area contributed by atoms with Crippen molar-refractivity contribution >= 4 is 5.91 Å². The lowest BCUT2D eigenvalue weighted by molar-refractivity contribution is -0.131. The molecule has 2 rings (SSSR count). The quantitative estimate of drug-likeness (QED) is 0.743. The number of hydrogen-bond acceptors (Lipinski definition) is 4. The number of rotatable bonds is 4. The van der Waals surface area contributed by atoms with Crippen molar-refractivity contribution in [1.82, 2.24) is 14.7 Å². The second-order valence-corrected chi connectivity index (χ2v) is 5.80. The Morgan fingerprint density at radius 2 is 2.11 bits per heavy atom. The third kappa shape index (κ3) is 3.46. The van der Waals surface area contributed by atoms with Gasteiger partial charge in [0.15, 0.2) is 0 Å². The average molecular weight is 264 g/mol. The molecule has 2 unspecified atom stereocenters. The lowest BCUT2D eigenvalue weighted by Crippen LogP contribution is -2.42. The monoisotopic (exact) mass is 264 g/mol. The average Bonchev–Trinajstić information content (AvgIpc) is 2.64. The number of hydrogen-bond donors (Lipinski definition) is 0. The molecule has 0 saturated carbocycles. The van der Waals surface area contributed by atoms with Gasteiger partial charge in [0.1, 0.15) is 0 Å². The van der Waals surface area contributed by atoms with Crippen LogP contribution in [0.3, 0.4) is 0 Å². The van der Waals surface area contributed by atoms with Crippen LogP contribution in [-0.4, -0.2) is 73.0 Å². The molecule has 5 nitrogen and oxygen atoms in total. The van der Waals surface area contributed by atoms with Gasteiger partial charge >= 0.3 is 0 Å². The molecule has 0 aromatic rings. The Morgan fingerprint density at radius 1 is 1.37 bits per heavy atom. The number of fused-ring (bicyclic) bond motifs is 2. The zero-order valence-electron chi connectivity index (χ0n) is 12.0. The third-order valence-electron chi connectivity index (χ3n) is 4.58. The van der Waals surface area contributed by atoms with Crippen molar-refractivity contribution in [2.24, 2.45) is 0 Å². The van der Waals surface area contributed by atoms with Crippen LogP contribution in [0, 0.1) is 11.3 Å². The Kier molecular flexibility index (Phi) is 4.78. The topological polar surface area (TPSA) is 50.6 Å². The molecule has 106 valence electrons. The van der Waals surface area contributed by atoms with Gasteiger partial charge in [-0.05, 0) is 26.3 Å². The van der Waals surface area contributed by atoms with E-state index in [1.165, 1.54) is 19.3 Å². The summed E-state index contributed by atoms with van der Waals surface area (Å²) in [5.74, 6) is 0.135. The minimum atomic E-state index is 0.135. The van der Waals surface area contributed by atoms with Crippen LogP contribution >= 0.6 is 0 Å². The largest absolute Gasteiger partial charge is 0.344 e. The van der Waals surface area contributed by atoms with Crippen LogP contribution in [0.4, 0.5) is 0 Å². The zero-order chi connectivity index (χ0) is 13.8. The first kappa shape index (κ1) is 14.3. The number of likely N-dealkylation sites (N-methyl/N-ethyl adjacent to an activating group) is 2. The summed E-state index contributed by atoms with van der Waals surface area (Å²) in [4.78, 5) is 18.5. The van der Waals surface area contributed by atoms with E-state index in [0.29, 0.717) is 31.6 Å². The molecule has 19 heavy (non-hydrogen) atoms. The lowest BCUT2D eigenvalue weighted by Gasteiger charge is -2.26. The number of nitriles is 1. The van der Waals surface area contributed by atoms with E-state index >= 15 is 0 Å². The highest BCUT2D eigenvalue weighted by Crippen LogP contribution is 2.28. The molecule has 0 spiro atoms. The van der Waals surface area contributed by atoms with E-state index in [4.69, 9.17) is 5.26 Å². The highest BCUT2D eigenvalue weighted by atomic mass is 16.2. The molecule has 0 aliphatic carbocycles. The lowest BCUT2D eigenvalue weighted by atomic mass is 10.1. The fourth-order valence-corrected chi connectivity index (χ4v) is 3.18. The van der Waals surface area contributed by atoms with E-state index < -0.39 is 0 Å². The van der Waals surface area contributed by atoms with Gasteiger partial charge < -0.3 is 4.90 Å². The Balaban J connectivity index is 1.83. The minimum absolute atomic E-state index is 0.135. The van der Waals surface area contributed by atoms with Crippen LogP contribution in [0.5, 0.6) is 0 Å². The number of carbonyl (C=O) groups is 1. The highest BCUT2D eigenvalue weighted by Gasteiger charge is 2.35. The fourth-order valence-electron chi connectivity index (χ4n) is 3.18. The van der Waals surface area contributed by atoms with E-state index in [0.717, 1.165) is 13.1 Å². The molecule has 2 aliphatic heterocycles. The van der Waals surface area contributed by atoms with Gasteiger partial charge in [-0.3, -0.25) is 14.6 Å². The summed E-state index contributed by atoms with van der Waals surface area (Å²) >= 11 is 0. The van der Waals surface area contributed by atoms with Gasteiger partial charge in [0, 0.05) is 38.8 Å². The van der Waals surface area contributed by atoms with Gasteiger partial charge in [0.25, 0.3) is 0 Å². The summed E-state index contributed by atoms with van der Waals surface area (Å²) < 4.78 is 0. The molecule has 2 saturated heterocycles. The molecule has 0 aromatic heterocycles. The molecule has 0 radical (unpaired) electrons. The molecule has 2 heterocycles. The summed E-state index contributed by atoms with van der Waals surface area (Å²) in [5.41, 5.74) is 0. The molecule has 5 heteroatoms. The summed E-state index contributed by atoms with van der Waals surface area (Å²) in [6.45, 7) is 3.06. The summed E-state index contributed by atoms with van der Waals surface area (Å²) in [6.07, 6.45) is 4.15. The molecular weight excluding hydrogens is 240 g/mol. The minimum Gasteiger partial charge on any atom is -0.344 e. The van der Waals surface area contributed by atoms with Crippen LogP contribution in [0.2, 0.25) is 0 Å². The number of amides is 1. The van der Waals surface area contributed by atoms with E-state index in [1.807, 2.05) is 0 Å². The van der Waals surface area contributed by atoms with Crippen LogP contribution in [0.25, 0.3) is 0 Å². The SMILES string of the molecule is CN(CCC#N)C(=O)CN1CCC2CCC(C1)N2C. The van der Waals surface area contributed by atoms with Crippen molar-refractivity contribution in [3.05, 3.63) is 0 Å². The van der Waals surface area contributed by atoms with Crippen molar-refractivity contribution in [1.29, 1.82) is 5.26 Å². The molecule has 2 atom stereocenters. The van der Waals surface area contributed by atoms with E-state index in [1.54, 1.807) is 11.9 Å². The third-order valence-corrected chi connectivity index (χ3v) is 4.58. The first-order valence-corrected chi connectivity index (χ1v) is 7.17. The normalized spacial score (nSPS) is 27.8. The summed E-state index contributed by atoms with van der Waals surface area (Å²) in [6, 6.07) is 3.41. The van der Waals surface area contributed by atoms with E-state index in [-0.39, 0.29) is 5.91 Å². The molecule has 1 amide bonds. The van der Waals surface area contributed by atoms with Crippen LogP contribution in [0.15, 0.2) is 0 Å². The van der Waals surface area contributed by atoms with Gasteiger partial charge in [-0.25, -0.2) is 0 Å². The van der Waals surface area contributed by atoms with Crippen molar-refractivity contribution in [2.45, 2.75) is 37.8 Å². The van der Waals surface area contributed by atoms with Crippen molar-refractivity contribution in [3.8, 4) is 6.07 Å². The van der Waals surface area contributed by atoms with Crippen LogP contribution < -0.4 is 0 Å². The Morgan fingerprint density at radius 3 is 2.84 bits per heavy atom. The second-order valence-electron chi connectivity index (χ2n) is 5.80. The number of carbonyl (C=O) groups excluding carboxylic acids is 1. The van der Waals surface area contributed by atoms with Crippen LogP contribution in [0.1, 0.15) is 25.7 Å². The predicted octanol–water partition coefficient (Wildman–Crippen LogP) is 0.527. The molecule has 2 aliphatic rings. The summed E-state index contributed by atoms with van der Waals surface area (Å²) in [7, 11) is 4.00. The van der Waals surface area contributed by atoms with E-state index in [2.05, 4.69) is 22.9 Å². The van der Waals surface area contributed by atoms with Gasteiger partial charge in [-0.15, -0.1) is 0 Å². The maximum absolute atomic E-state index is 12.1. The van der Waals surface area contributed by atoms with E-state index in [9.17, 15) is 4.79 Å². The van der Waals surface area contributed by atoms with Gasteiger partial charge in [-0.2, -0.15) is 5.26 Å². The molecule has 0 N–H and O–H groups in total.